The van der Waals surface area contributed by atoms with E-state index in [2.05, 4.69) is 0 Å². The lowest BCUT2D eigenvalue weighted by molar-refractivity contribution is -0.211. The molecule has 0 aromatic heterocycles. The van der Waals surface area contributed by atoms with Gasteiger partial charge in [0.25, 0.3) is 0 Å². The molecule has 1 aliphatic heterocycles. The molecule has 0 saturated carbocycles. The third kappa shape index (κ3) is 1.69. The van der Waals surface area contributed by atoms with E-state index < -0.39 is 23.1 Å². The van der Waals surface area contributed by atoms with E-state index in [1.54, 1.807) is 0 Å². The number of rotatable bonds is 2. The Morgan fingerprint density at radius 1 is 1.00 bits per heavy atom. The van der Waals surface area contributed by atoms with Crippen LogP contribution < -0.4 is 0 Å². The summed E-state index contributed by atoms with van der Waals surface area (Å²) in [6, 6.07) is 0. The van der Waals surface area contributed by atoms with Gasteiger partial charge in [0.05, 0.1) is 0 Å². The summed E-state index contributed by atoms with van der Waals surface area (Å²) >= 11 is 0. The van der Waals surface area contributed by atoms with Gasteiger partial charge < -0.3 is 24.4 Å². The molecular weight excluding hydrogens is 208 g/mol. The maximum atomic E-state index is 11.0. The third-order valence-electron chi connectivity index (χ3n) is 2.59. The fourth-order valence-corrected chi connectivity index (χ4v) is 1.16. The topological polar surface area (TPSA) is 102 Å². The fourth-order valence-electron chi connectivity index (χ4n) is 1.16. The molecule has 86 valence electrons. The van der Waals surface area contributed by atoms with Crippen molar-refractivity contribution in [1.82, 2.24) is 0 Å². The van der Waals surface area contributed by atoms with Gasteiger partial charge in [0.1, 0.15) is 0 Å². The molecule has 15 heavy (non-hydrogen) atoms. The van der Waals surface area contributed by atoms with E-state index in [9.17, 15) is 9.59 Å². The zero-order chi connectivity index (χ0) is 11.7. The van der Waals surface area contributed by atoms with Crippen molar-refractivity contribution in [2.45, 2.75) is 25.0 Å². The summed E-state index contributed by atoms with van der Waals surface area (Å²) in [4.78, 5) is 22.1. The van der Waals surface area contributed by atoms with Crippen LogP contribution in [0.15, 0.2) is 0 Å². The van der Waals surface area contributed by atoms with Crippen molar-refractivity contribution in [2.24, 2.45) is 0 Å². The van der Waals surface area contributed by atoms with Crippen LogP contribution in [-0.4, -0.2) is 46.9 Å². The van der Waals surface area contributed by atoms with Crippen molar-refractivity contribution in [3.05, 3.63) is 0 Å². The van der Waals surface area contributed by atoms with E-state index in [0.29, 0.717) is 0 Å². The zero-order valence-corrected chi connectivity index (χ0v) is 8.35. The highest BCUT2D eigenvalue weighted by Gasteiger charge is 2.59. The third-order valence-corrected chi connectivity index (χ3v) is 2.59. The van der Waals surface area contributed by atoms with Gasteiger partial charge in [0.15, 0.2) is 13.6 Å². The molecule has 2 atom stereocenters. The molecule has 0 spiro atoms. The van der Waals surface area contributed by atoms with Crippen LogP contribution in [0.1, 0.15) is 13.8 Å². The van der Waals surface area contributed by atoms with Gasteiger partial charge in [-0.05, 0) is 13.8 Å². The van der Waals surface area contributed by atoms with E-state index in [0.717, 1.165) is 13.8 Å². The standard InChI is InChI=1S/C8H12O7/c1-7(5(9)10)8(2,6(11)12)15-4-13-3-14-7/h3-4H2,1-2H3,(H,9,10)(H,11,12). The molecule has 1 saturated heterocycles. The van der Waals surface area contributed by atoms with Gasteiger partial charge in [-0.25, -0.2) is 9.59 Å². The number of hydrogen-bond donors (Lipinski definition) is 2. The number of hydrogen-bond acceptors (Lipinski definition) is 5. The summed E-state index contributed by atoms with van der Waals surface area (Å²) in [6.07, 6.45) is 0. The summed E-state index contributed by atoms with van der Waals surface area (Å²) in [5, 5.41) is 18.0. The number of carbonyl (C=O) groups is 2. The van der Waals surface area contributed by atoms with E-state index >= 15 is 0 Å². The Labute approximate surface area is 85.5 Å². The van der Waals surface area contributed by atoms with E-state index in [-0.39, 0.29) is 13.6 Å². The minimum atomic E-state index is -1.99. The fraction of sp³-hybridized carbons (Fsp3) is 0.750. The first kappa shape index (κ1) is 11.9. The van der Waals surface area contributed by atoms with Crippen LogP contribution in [0.4, 0.5) is 0 Å². The average Bonchev–Trinajstić information content (AvgIpc) is 2.29. The van der Waals surface area contributed by atoms with E-state index in [1.165, 1.54) is 0 Å². The number of carboxylic acid groups (broad SMARTS) is 2. The second kappa shape index (κ2) is 3.76. The van der Waals surface area contributed by atoms with Crippen LogP contribution >= 0.6 is 0 Å². The highest BCUT2D eigenvalue weighted by atomic mass is 16.8. The summed E-state index contributed by atoms with van der Waals surface area (Å²) in [7, 11) is 0. The van der Waals surface area contributed by atoms with Gasteiger partial charge in [-0.3, -0.25) is 0 Å². The molecule has 1 heterocycles. The lowest BCUT2D eigenvalue weighted by Crippen LogP contribution is -2.62. The molecule has 1 rings (SSSR count). The quantitative estimate of drug-likeness (QED) is 0.655. The van der Waals surface area contributed by atoms with E-state index in [4.69, 9.17) is 24.4 Å². The average molecular weight is 220 g/mol. The Morgan fingerprint density at radius 2 is 1.33 bits per heavy atom. The highest BCUT2D eigenvalue weighted by molar-refractivity contribution is 5.90. The summed E-state index contributed by atoms with van der Waals surface area (Å²) < 4.78 is 14.5. The summed E-state index contributed by atoms with van der Waals surface area (Å²) in [6.45, 7) is 1.62. The first-order chi connectivity index (χ1) is 6.84. The monoisotopic (exact) mass is 220 g/mol. The van der Waals surface area contributed by atoms with Crippen LogP contribution in [0, 0.1) is 0 Å². The Kier molecular flexibility index (Phi) is 2.98. The van der Waals surface area contributed by atoms with Crippen molar-refractivity contribution in [1.29, 1.82) is 0 Å². The summed E-state index contributed by atoms with van der Waals surface area (Å²) in [5.41, 5.74) is -3.98. The zero-order valence-electron chi connectivity index (χ0n) is 8.35. The molecule has 2 unspecified atom stereocenters. The number of ether oxygens (including phenoxy) is 3. The minimum Gasteiger partial charge on any atom is -0.479 e. The normalized spacial score (nSPS) is 36.9. The molecule has 1 fully saturated rings. The van der Waals surface area contributed by atoms with Crippen molar-refractivity contribution >= 4 is 11.9 Å². The van der Waals surface area contributed by atoms with Crippen LogP contribution in [0.25, 0.3) is 0 Å². The van der Waals surface area contributed by atoms with E-state index in [1.807, 2.05) is 0 Å². The minimum absolute atomic E-state index is 0.328. The van der Waals surface area contributed by atoms with Crippen LogP contribution in [-0.2, 0) is 23.8 Å². The molecule has 2 N–H and O–H groups in total. The SMILES string of the molecule is CC1(C(=O)O)OCOCOC1(C)C(=O)O. The molecule has 0 amide bonds. The van der Waals surface area contributed by atoms with Crippen LogP contribution in [0.2, 0.25) is 0 Å². The molecule has 1 aliphatic rings. The predicted octanol–water partition coefficient (Wildman–Crippen LogP) is -0.349. The Morgan fingerprint density at radius 3 is 1.60 bits per heavy atom. The lowest BCUT2D eigenvalue weighted by Gasteiger charge is -2.36. The van der Waals surface area contributed by atoms with Gasteiger partial charge >= 0.3 is 11.9 Å². The molecule has 7 heteroatoms. The summed E-state index contributed by atoms with van der Waals surface area (Å²) in [5.74, 6) is -2.84. The smallest absolute Gasteiger partial charge is 0.339 e. The van der Waals surface area contributed by atoms with Gasteiger partial charge in [0.2, 0.25) is 11.2 Å². The second-order valence-electron chi connectivity index (χ2n) is 3.41. The maximum absolute atomic E-state index is 11.0. The predicted molar refractivity (Wildman–Crippen MR) is 45.1 cm³/mol. The number of aliphatic carboxylic acids is 2. The largest absolute Gasteiger partial charge is 0.479 e. The molecule has 0 radical (unpaired) electrons. The lowest BCUT2D eigenvalue weighted by atomic mass is 9.85. The first-order valence-corrected chi connectivity index (χ1v) is 4.17. The van der Waals surface area contributed by atoms with Crippen LogP contribution in [0.3, 0.4) is 0 Å². The Bertz CT molecular complexity index is 261. The number of carboxylic acids is 2. The maximum Gasteiger partial charge on any atom is 0.339 e. The molecule has 0 aromatic rings. The van der Waals surface area contributed by atoms with Crippen LogP contribution in [0.5, 0.6) is 0 Å². The van der Waals surface area contributed by atoms with Crippen molar-refractivity contribution in [3.63, 3.8) is 0 Å². The molecule has 0 aromatic carbocycles. The highest BCUT2D eigenvalue weighted by Crippen LogP contribution is 2.32. The van der Waals surface area contributed by atoms with Gasteiger partial charge in [0, 0.05) is 0 Å². The second-order valence-corrected chi connectivity index (χ2v) is 3.41. The molecule has 0 bridgehead atoms. The molecule has 7 nitrogen and oxygen atoms in total. The van der Waals surface area contributed by atoms with Gasteiger partial charge in [-0.2, -0.15) is 0 Å². The Hall–Kier alpha value is -1.18. The molecular formula is C8H12O7. The van der Waals surface area contributed by atoms with Crippen molar-refractivity contribution in [3.8, 4) is 0 Å². The first-order valence-electron chi connectivity index (χ1n) is 4.17. The molecule has 0 aliphatic carbocycles. The van der Waals surface area contributed by atoms with Crippen molar-refractivity contribution in [2.75, 3.05) is 13.6 Å². The van der Waals surface area contributed by atoms with Crippen molar-refractivity contribution < 1.29 is 34.0 Å². The van der Waals surface area contributed by atoms with Gasteiger partial charge in [-0.15, -0.1) is 0 Å². The Balaban J connectivity index is 3.16. The van der Waals surface area contributed by atoms with Gasteiger partial charge in [-0.1, -0.05) is 0 Å².